The van der Waals surface area contributed by atoms with Crippen LogP contribution in [0.1, 0.15) is 23.2 Å². The maximum absolute atomic E-state index is 12.7. The zero-order chi connectivity index (χ0) is 17.3. The molecule has 0 unspecified atom stereocenters. The first-order chi connectivity index (χ1) is 11.4. The lowest BCUT2D eigenvalue weighted by Crippen LogP contribution is -2.55. The largest absolute Gasteiger partial charge is 0.472 e. The molecule has 1 atom stereocenters. The molecule has 0 aromatic carbocycles. The molecule has 0 bridgehead atoms. The van der Waals surface area contributed by atoms with Crippen LogP contribution >= 0.6 is 0 Å². The van der Waals surface area contributed by atoms with Crippen LogP contribution in [0.4, 0.5) is 0 Å². The van der Waals surface area contributed by atoms with Crippen molar-refractivity contribution in [2.24, 2.45) is 0 Å². The van der Waals surface area contributed by atoms with Crippen LogP contribution < -0.4 is 0 Å². The lowest BCUT2D eigenvalue weighted by molar-refractivity contribution is -0.136. The van der Waals surface area contributed by atoms with Gasteiger partial charge in [-0.05, 0) is 18.9 Å². The van der Waals surface area contributed by atoms with E-state index in [9.17, 15) is 18.0 Å². The zero-order valence-electron chi connectivity index (χ0n) is 13.6. The van der Waals surface area contributed by atoms with Gasteiger partial charge < -0.3 is 14.2 Å². The standard InChI is InChI=1S/C15H21N3O5S/c1-24(21,22)18-5-2-3-13(18)15(20)17-8-6-16(7-9-17)14(19)12-4-10-23-11-12/h4,10-11,13H,2-3,5-9H2,1H3/t13-/m1/s1. The second kappa shape index (κ2) is 6.56. The van der Waals surface area contributed by atoms with Crippen molar-refractivity contribution < 1.29 is 22.4 Å². The summed E-state index contributed by atoms with van der Waals surface area (Å²) in [6, 6.07) is 1.01. The minimum absolute atomic E-state index is 0.116. The third kappa shape index (κ3) is 3.32. The van der Waals surface area contributed by atoms with Gasteiger partial charge in [-0.2, -0.15) is 4.31 Å². The summed E-state index contributed by atoms with van der Waals surface area (Å²) in [5.74, 6) is -0.275. The molecule has 3 heterocycles. The normalized spacial score (nSPS) is 22.8. The Morgan fingerprint density at radius 2 is 1.79 bits per heavy atom. The van der Waals surface area contributed by atoms with Gasteiger partial charge in [-0.25, -0.2) is 8.42 Å². The fraction of sp³-hybridized carbons (Fsp3) is 0.600. The highest BCUT2D eigenvalue weighted by Crippen LogP contribution is 2.23. The van der Waals surface area contributed by atoms with Gasteiger partial charge in [0.1, 0.15) is 12.3 Å². The Morgan fingerprint density at radius 3 is 2.38 bits per heavy atom. The van der Waals surface area contributed by atoms with E-state index in [0.29, 0.717) is 51.1 Å². The van der Waals surface area contributed by atoms with Gasteiger partial charge in [0.05, 0.1) is 18.1 Å². The summed E-state index contributed by atoms with van der Waals surface area (Å²) in [4.78, 5) is 28.3. The van der Waals surface area contributed by atoms with E-state index in [-0.39, 0.29) is 11.8 Å². The van der Waals surface area contributed by atoms with E-state index >= 15 is 0 Å². The second-order valence-electron chi connectivity index (χ2n) is 6.16. The Labute approximate surface area is 141 Å². The fourth-order valence-electron chi connectivity index (χ4n) is 3.29. The molecule has 1 aromatic rings. The van der Waals surface area contributed by atoms with E-state index in [1.165, 1.54) is 16.8 Å². The second-order valence-corrected chi connectivity index (χ2v) is 8.10. The van der Waals surface area contributed by atoms with Crippen molar-refractivity contribution in [2.75, 3.05) is 39.0 Å². The monoisotopic (exact) mass is 355 g/mol. The molecule has 0 spiro atoms. The highest BCUT2D eigenvalue weighted by atomic mass is 32.2. The molecule has 24 heavy (non-hydrogen) atoms. The average Bonchev–Trinajstić information content (AvgIpc) is 3.24. The Balaban J connectivity index is 1.60. The van der Waals surface area contributed by atoms with Crippen molar-refractivity contribution in [2.45, 2.75) is 18.9 Å². The third-order valence-corrected chi connectivity index (χ3v) is 5.85. The van der Waals surface area contributed by atoms with E-state index in [1.54, 1.807) is 15.9 Å². The molecule has 0 N–H and O–H groups in total. The van der Waals surface area contributed by atoms with E-state index in [4.69, 9.17) is 4.42 Å². The van der Waals surface area contributed by atoms with Gasteiger partial charge >= 0.3 is 0 Å². The van der Waals surface area contributed by atoms with Crippen molar-refractivity contribution in [3.8, 4) is 0 Å². The molecule has 132 valence electrons. The number of rotatable bonds is 3. The van der Waals surface area contributed by atoms with Crippen molar-refractivity contribution >= 4 is 21.8 Å². The number of carbonyl (C=O) groups is 2. The highest BCUT2D eigenvalue weighted by molar-refractivity contribution is 7.88. The van der Waals surface area contributed by atoms with Crippen molar-refractivity contribution in [3.63, 3.8) is 0 Å². The van der Waals surface area contributed by atoms with Crippen molar-refractivity contribution in [1.82, 2.24) is 14.1 Å². The van der Waals surface area contributed by atoms with E-state index < -0.39 is 16.1 Å². The van der Waals surface area contributed by atoms with Gasteiger partial charge in [-0.15, -0.1) is 0 Å². The SMILES string of the molecule is CS(=O)(=O)N1CCC[C@@H]1C(=O)N1CCN(C(=O)c2ccoc2)CC1. The van der Waals surface area contributed by atoms with Gasteiger partial charge in [0.15, 0.2) is 0 Å². The summed E-state index contributed by atoms with van der Waals surface area (Å²) in [5.41, 5.74) is 0.494. The Hall–Kier alpha value is -1.87. The van der Waals surface area contributed by atoms with Crippen LogP contribution in [0.2, 0.25) is 0 Å². The minimum Gasteiger partial charge on any atom is -0.472 e. The molecule has 0 aliphatic carbocycles. The molecule has 2 fully saturated rings. The number of amides is 2. The minimum atomic E-state index is -3.38. The summed E-state index contributed by atoms with van der Waals surface area (Å²) >= 11 is 0. The number of furan rings is 1. The molecule has 2 amide bonds. The molecule has 3 rings (SSSR count). The lowest BCUT2D eigenvalue weighted by atomic mass is 10.1. The van der Waals surface area contributed by atoms with Gasteiger partial charge in [0, 0.05) is 32.7 Å². The molecule has 0 radical (unpaired) electrons. The number of piperazine rings is 1. The van der Waals surface area contributed by atoms with Crippen molar-refractivity contribution in [1.29, 1.82) is 0 Å². The average molecular weight is 355 g/mol. The predicted octanol–water partition coefficient (Wildman–Crippen LogP) is -0.0120. The summed E-state index contributed by atoms with van der Waals surface area (Å²) in [6.45, 7) is 2.09. The zero-order valence-corrected chi connectivity index (χ0v) is 14.4. The van der Waals surface area contributed by atoms with E-state index in [1.807, 2.05) is 0 Å². The Kier molecular flexibility index (Phi) is 4.64. The first kappa shape index (κ1) is 17.0. The molecular formula is C15H21N3O5S. The number of hydrogen-bond donors (Lipinski definition) is 0. The maximum atomic E-state index is 12.7. The molecule has 0 saturated carbocycles. The van der Waals surface area contributed by atoms with Gasteiger partial charge in [-0.3, -0.25) is 9.59 Å². The summed E-state index contributed by atoms with van der Waals surface area (Å²) in [7, 11) is -3.38. The van der Waals surface area contributed by atoms with Crippen LogP contribution in [-0.4, -0.2) is 79.4 Å². The molecule has 9 heteroatoms. The van der Waals surface area contributed by atoms with Crippen LogP contribution in [0, 0.1) is 0 Å². The first-order valence-corrected chi connectivity index (χ1v) is 9.80. The van der Waals surface area contributed by atoms with Crippen LogP contribution in [-0.2, 0) is 14.8 Å². The van der Waals surface area contributed by atoms with E-state index in [0.717, 1.165) is 6.26 Å². The van der Waals surface area contributed by atoms with Crippen molar-refractivity contribution in [3.05, 3.63) is 24.2 Å². The maximum Gasteiger partial charge on any atom is 0.257 e. The lowest BCUT2D eigenvalue weighted by Gasteiger charge is -2.36. The van der Waals surface area contributed by atoms with Crippen LogP contribution in [0.25, 0.3) is 0 Å². The summed E-state index contributed by atoms with van der Waals surface area (Å²) < 4.78 is 29.8. The van der Waals surface area contributed by atoms with E-state index in [2.05, 4.69) is 0 Å². The molecular weight excluding hydrogens is 334 g/mol. The number of sulfonamides is 1. The fourth-order valence-corrected chi connectivity index (χ4v) is 4.41. The van der Waals surface area contributed by atoms with Gasteiger partial charge in [0.2, 0.25) is 15.9 Å². The third-order valence-electron chi connectivity index (χ3n) is 4.56. The van der Waals surface area contributed by atoms with Gasteiger partial charge in [0.25, 0.3) is 5.91 Å². The molecule has 1 aromatic heterocycles. The predicted molar refractivity (Wildman–Crippen MR) is 85.8 cm³/mol. The summed E-state index contributed by atoms with van der Waals surface area (Å²) in [6.07, 6.45) is 5.25. The summed E-state index contributed by atoms with van der Waals surface area (Å²) in [5, 5.41) is 0. The first-order valence-electron chi connectivity index (χ1n) is 7.95. The molecule has 2 saturated heterocycles. The Bertz CT molecular complexity index is 707. The quantitative estimate of drug-likeness (QED) is 0.760. The van der Waals surface area contributed by atoms with Gasteiger partial charge in [-0.1, -0.05) is 0 Å². The molecule has 2 aliphatic heterocycles. The highest BCUT2D eigenvalue weighted by Gasteiger charge is 2.39. The molecule has 8 nitrogen and oxygen atoms in total. The number of nitrogens with zero attached hydrogens (tertiary/aromatic N) is 3. The number of carbonyl (C=O) groups excluding carboxylic acids is 2. The van der Waals surface area contributed by atoms with Crippen LogP contribution in [0.5, 0.6) is 0 Å². The van der Waals surface area contributed by atoms with Crippen LogP contribution in [0.3, 0.4) is 0 Å². The molecule has 2 aliphatic rings. The number of hydrogen-bond acceptors (Lipinski definition) is 5. The Morgan fingerprint density at radius 1 is 1.12 bits per heavy atom. The smallest absolute Gasteiger partial charge is 0.257 e. The topological polar surface area (TPSA) is 91.1 Å². The van der Waals surface area contributed by atoms with Crippen LogP contribution in [0.15, 0.2) is 23.0 Å².